The normalized spacial score (nSPS) is 16.1. The lowest BCUT2D eigenvalue weighted by molar-refractivity contribution is -0.384. The Morgan fingerprint density at radius 1 is 1.15 bits per heavy atom. The van der Waals surface area contributed by atoms with Crippen LogP contribution < -0.4 is 10.6 Å². The van der Waals surface area contributed by atoms with Gasteiger partial charge in [-0.3, -0.25) is 19.7 Å². The Bertz CT molecular complexity index is 1220. The maximum absolute atomic E-state index is 13.3. The number of carbonyl (C=O) groups is 2. The van der Waals surface area contributed by atoms with Crippen molar-refractivity contribution < 1.29 is 14.5 Å². The molecule has 0 bridgehead atoms. The van der Waals surface area contributed by atoms with Gasteiger partial charge in [-0.15, -0.1) is 0 Å². The molecule has 2 N–H and O–H groups in total. The van der Waals surface area contributed by atoms with Crippen molar-refractivity contribution in [3.63, 3.8) is 0 Å². The third-order valence-corrected chi connectivity index (χ3v) is 5.74. The monoisotopic (exact) mass is 447 g/mol. The van der Waals surface area contributed by atoms with Crippen LogP contribution >= 0.6 is 0 Å². The van der Waals surface area contributed by atoms with Crippen LogP contribution in [0.2, 0.25) is 0 Å². The molecule has 1 aromatic heterocycles. The minimum atomic E-state index is -0.606. The molecule has 1 unspecified atom stereocenters. The number of aromatic nitrogens is 2. The van der Waals surface area contributed by atoms with E-state index >= 15 is 0 Å². The second-order valence-electron chi connectivity index (χ2n) is 8.23. The number of nitro groups is 1. The number of nitrogens with zero attached hydrogens (tertiary/aromatic N) is 3. The zero-order valence-corrected chi connectivity index (χ0v) is 18.5. The third kappa shape index (κ3) is 4.77. The molecule has 2 aromatic carbocycles. The molecule has 0 radical (unpaired) electrons. The molecule has 9 heteroatoms. The van der Waals surface area contributed by atoms with Crippen molar-refractivity contribution in [2.45, 2.75) is 39.2 Å². The smallest absolute Gasteiger partial charge is 0.270 e. The van der Waals surface area contributed by atoms with Crippen molar-refractivity contribution in [1.29, 1.82) is 0 Å². The molecule has 170 valence electrons. The predicted octanol–water partition coefficient (Wildman–Crippen LogP) is 3.46. The van der Waals surface area contributed by atoms with Crippen molar-refractivity contribution in [1.82, 2.24) is 20.4 Å². The summed E-state index contributed by atoms with van der Waals surface area (Å²) >= 11 is 0. The van der Waals surface area contributed by atoms with E-state index in [2.05, 4.69) is 15.7 Å². The van der Waals surface area contributed by atoms with Crippen molar-refractivity contribution in [3.05, 3.63) is 75.5 Å². The van der Waals surface area contributed by atoms with Crippen LogP contribution in [0, 0.1) is 24.0 Å². The van der Waals surface area contributed by atoms with E-state index in [-0.39, 0.29) is 17.3 Å². The average molecular weight is 447 g/mol. The summed E-state index contributed by atoms with van der Waals surface area (Å²) in [5, 5.41) is 21.3. The molecule has 9 nitrogen and oxygen atoms in total. The van der Waals surface area contributed by atoms with Crippen LogP contribution in [0.5, 0.6) is 0 Å². The topological polar surface area (TPSA) is 119 Å². The van der Waals surface area contributed by atoms with Gasteiger partial charge in [0.05, 0.1) is 16.3 Å². The van der Waals surface area contributed by atoms with Crippen LogP contribution in [0.15, 0.2) is 48.5 Å². The van der Waals surface area contributed by atoms with Gasteiger partial charge in [-0.2, -0.15) is 5.10 Å². The minimum absolute atomic E-state index is 0.0232. The largest absolute Gasteiger partial charge is 0.354 e. The first-order valence-electron chi connectivity index (χ1n) is 10.8. The summed E-state index contributed by atoms with van der Waals surface area (Å²) in [7, 11) is 0. The standard InChI is InChI=1S/C24H25N5O4/c1-15-6-11-21(16(2)13-15)28-22(24(31)26-19-5-3-4-12-25-23(19)30)14-20(27-28)17-7-9-18(10-8-17)29(32)33/h6-11,13-14,19H,3-5,12H2,1-2H3,(H,25,30)(H,26,31). The molecule has 0 spiro atoms. The highest BCUT2D eigenvalue weighted by molar-refractivity contribution is 5.97. The van der Waals surface area contributed by atoms with Gasteiger partial charge >= 0.3 is 0 Å². The zero-order valence-electron chi connectivity index (χ0n) is 18.5. The summed E-state index contributed by atoms with van der Waals surface area (Å²) in [5.74, 6) is -0.591. The number of nitro benzene ring substituents is 1. The van der Waals surface area contributed by atoms with Crippen LogP contribution in [0.4, 0.5) is 5.69 Å². The van der Waals surface area contributed by atoms with Crippen molar-refractivity contribution in [3.8, 4) is 16.9 Å². The number of non-ortho nitro benzene ring substituents is 1. The van der Waals surface area contributed by atoms with Crippen LogP contribution in [0.1, 0.15) is 40.9 Å². The Labute approximate surface area is 191 Å². The maximum Gasteiger partial charge on any atom is 0.270 e. The number of carbonyl (C=O) groups excluding carboxylic acids is 2. The minimum Gasteiger partial charge on any atom is -0.354 e. The molecule has 2 amide bonds. The summed E-state index contributed by atoms with van der Waals surface area (Å²) in [6.07, 6.45) is 2.29. The molecular formula is C24H25N5O4. The van der Waals surface area contributed by atoms with Crippen molar-refractivity contribution >= 4 is 17.5 Å². The second kappa shape index (κ2) is 9.23. The Balaban J connectivity index is 1.74. The summed E-state index contributed by atoms with van der Waals surface area (Å²) in [6.45, 7) is 4.53. The van der Waals surface area contributed by atoms with Gasteiger partial charge in [-0.25, -0.2) is 4.68 Å². The number of hydrogen-bond donors (Lipinski definition) is 2. The van der Waals surface area contributed by atoms with E-state index in [1.165, 1.54) is 12.1 Å². The van der Waals surface area contributed by atoms with E-state index in [1.807, 2.05) is 32.0 Å². The molecule has 1 atom stereocenters. The maximum atomic E-state index is 13.3. The summed E-state index contributed by atoms with van der Waals surface area (Å²) in [6, 6.07) is 12.9. The fourth-order valence-corrected chi connectivity index (χ4v) is 3.97. The Kier molecular flexibility index (Phi) is 6.21. The van der Waals surface area contributed by atoms with E-state index in [0.29, 0.717) is 24.2 Å². The first-order valence-corrected chi connectivity index (χ1v) is 10.8. The number of benzene rings is 2. The third-order valence-electron chi connectivity index (χ3n) is 5.74. The van der Waals surface area contributed by atoms with Gasteiger partial charge in [0.1, 0.15) is 11.7 Å². The van der Waals surface area contributed by atoms with Crippen molar-refractivity contribution in [2.75, 3.05) is 6.54 Å². The molecule has 1 fully saturated rings. The highest BCUT2D eigenvalue weighted by atomic mass is 16.6. The molecule has 0 saturated carbocycles. The quantitative estimate of drug-likeness (QED) is 0.459. The fraction of sp³-hybridized carbons (Fsp3) is 0.292. The molecule has 33 heavy (non-hydrogen) atoms. The lowest BCUT2D eigenvalue weighted by Crippen LogP contribution is -2.45. The number of amides is 2. The van der Waals surface area contributed by atoms with E-state index < -0.39 is 16.9 Å². The Morgan fingerprint density at radius 2 is 1.91 bits per heavy atom. The predicted molar refractivity (Wildman–Crippen MR) is 123 cm³/mol. The Hall–Kier alpha value is -4.01. The summed E-state index contributed by atoms with van der Waals surface area (Å²) in [5.41, 5.74) is 4.17. The van der Waals surface area contributed by atoms with Gasteiger partial charge < -0.3 is 10.6 Å². The molecule has 2 heterocycles. The molecule has 1 saturated heterocycles. The lowest BCUT2D eigenvalue weighted by atomic mass is 10.1. The highest BCUT2D eigenvalue weighted by Gasteiger charge is 2.26. The van der Waals surface area contributed by atoms with Gasteiger partial charge in [0.25, 0.3) is 11.6 Å². The summed E-state index contributed by atoms with van der Waals surface area (Å²) < 4.78 is 1.56. The van der Waals surface area contributed by atoms with Crippen LogP contribution in [0.3, 0.4) is 0 Å². The second-order valence-corrected chi connectivity index (χ2v) is 8.23. The van der Waals surface area contributed by atoms with Crippen LogP contribution in [0.25, 0.3) is 16.9 Å². The van der Waals surface area contributed by atoms with Gasteiger partial charge in [-0.1, -0.05) is 17.7 Å². The van der Waals surface area contributed by atoms with E-state index in [1.54, 1.807) is 22.9 Å². The van der Waals surface area contributed by atoms with Gasteiger partial charge in [-0.05, 0) is 62.9 Å². The number of rotatable bonds is 5. The molecule has 1 aliphatic rings. The van der Waals surface area contributed by atoms with E-state index in [9.17, 15) is 19.7 Å². The highest BCUT2D eigenvalue weighted by Crippen LogP contribution is 2.26. The van der Waals surface area contributed by atoms with Gasteiger partial charge in [0.2, 0.25) is 5.91 Å². The molecular weight excluding hydrogens is 422 g/mol. The van der Waals surface area contributed by atoms with E-state index in [4.69, 9.17) is 0 Å². The molecule has 0 aliphatic carbocycles. The van der Waals surface area contributed by atoms with Crippen LogP contribution in [-0.2, 0) is 4.79 Å². The van der Waals surface area contributed by atoms with Gasteiger partial charge in [0, 0.05) is 24.2 Å². The molecule has 4 rings (SSSR count). The SMILES string of the molecule is Cc1ccc(-n2nc(-c3ccc([N+](=O)[O-])cc3)cc2C(=O)NC2CCCCNC2=O)c(C)c1. The summed E-state index contributed by atoms with van der Waals surface area (Å²) in [4.78, 5) is 36.2. The lowest BCUT2D eigenvalue weighted by Gasteiger charge is -2.16. The van der Waals surface area contributed by atoms with Crippen LogP contribution in [-0.4, -0.2) is 39.1 Å². The molecule has 3 aromatic rings. The number of hydrogen-bond acceptors (Lipinski definition) is 5. The van der Waals surface area contributed by atoms with Gasteiger partial charge in [0.15, 0.2) is 0 Å². The van der Waals surface area contributed by atoms with Crippen molar-refractivity contribution in [2.24, 2.45) is 0 Å². The first-order chi connectivity index (χ1) is 15.8. The molecule has 1 aliphatic heterocycles. The van der Waals surface area contributed by atoms with E-state index in [0.717, 1.165) is 29.7 Å². The first kappa shape index (κ1) is 22.2. The Morgan fingerprint density at radius 3 is 2.61 bits per heavy atom. The zero-order chi connectivity index (χ0) is 23.5. The average Bonchev–Trinajstić information content (AvgIpc) is 3.13. The number of nitrogens with one attached hydrogen (secondary N) is 2. The number of aryl methyl sites for hydroxylation is 2. The fourth-order valence-electron chi connectivity index (χ4n) is 3.97.